The van der Waals surface area contributed by atoms with Crippen molar-refractivity contribution < 1.29 is 4.79 Å². The van der Waals surface area contributed by atoms with Gasteiger partial charge in [-0.3, -0.25) is 4.79 Å². The highest BCUT2D eigenvalue weighted by atomic mass is 35.5. The van der Waals surface area contributed by atoms with Crippen LogP contribution in [0.3, 0.4) is 0 Å². The lowest BCUT2D eigenvalue weighted by Crippen LogP contribution is -2.22. The molecule has 0 atom stereocenters. The Bertz CT molecular complexity index is 513. The molecule has 1 aliphatic heterocycles. The molecule has 0 bridgehead atoms. The minimum atomic E-state index is -0.0252. The standard InChI is InChI=1S/C14H17ClN2O.C2H4.CH5N/c1-17(2)14(18)11-3-4-12(13(15)9-11)10-5-7-16-8-6-10;2*1-2/h3-5,9,16H,6-8H2,1-2H3;1-2H2;2H2,1H3. The fourth-order valence-corrected chi connectivity index (χ4v) is 2.34. The van der Waals surface area contributed by atoms with Crippen LogP contribution in [-0.4, -0.2) is 45.0 Å². The number of benzene rings is 1. The number of hydrogen-bond donors (Lipinski definition) is 2. The highest BCUT2D eigenvalue weighted by molar-refractivity contribution is 6.32. The number of carbonyl (C=O) groups is 1. The molecule has 0 aliphatic carbocycles. The third-order valence-corrected chi connectivity index (χ3v) is 3.34. The molecule has 2 rings (SSSR count). The Balaban J connectivity index is 0.00000102. The monoisotopic (exact) mass is 323 g/mol. The number of nitrogens with zero attached hydrogens (tertiary/aromatic N) is 1. The first-order chi connectivity index (χ1) is 10.6. The fraction of sp³-hybridized carbons (Fsp3) is 0.353. The highest BCUT2D eigenvalue weighted by Crippen LogP contribution is 2.28. The summed E-state index contributed by atoms with van der Waals surface area (Å²) in [5.41, 5.74) is 7.42. The Morgan fingerprint density at radius 3 is 2.41 bits per heavy atom. The van der Waals surface area contributed by atoms with Crippen LogP contribution in [-0.2, 0) is 0 Å². The quantitative estimate of drug-likeness (QED) is 0.823. The molecule has 0 spiro atoms. The molecule has 0 saturated carbocycles. The first-order valence-corrected chi connectivity index (χ1v) is 7.46. The Hall–Kier alpha value is -1.62. The maximum absolute atomic E-state index is 11.8. The van der Waals surface area contributed by atoms with Crippen molar-refractivity contribution in [3.8, 4) is 0 Å². The summed E-state index contributed by atoms with van der Waals surface area (Å²) in [5.74, 6) is -0.0252. The maximum atomic E-state index is 11.8. The number of hydrogen-bond acceptors (Lipinski definition) is 3. The maximum Gasteiger partial charge on any atom is 0.253 e. The van der Waals surface area contributed by atoms with Gasteiger partial charge in [0.25, 0.3) is 5.91 Å². The molecule has 4 nitrogen and oxygen atoms in total. The van der Waals surface area contributed by atoms with Gasteiger partial charge in [-0.05, 0) is 43.3 Å². The molecule has 0 unspecified atom stereocenters. The van der Waals surface area contributed by atoms with Gasteiger partial charge < -0.3 is 16.0 Å². The molecule has 5 heteroatoms. The van der Waals surface area contributed by atoms with Gasteiger partial charge in [-0.25, -0.2) is 0 Å². The molecule has 122 valence electrons. The third kappa shape index (κ3) is 5.64. The van der Waals surface area contributed by atoms with Crippen molar-refractivity contribution in [1.82, 2.24) is 10.2 Å². The van der Waals surface area contributed by atoms with Crippen molar-refractivity contribution in [2.75, 3.05) is 34.2 Å². The minimum absolute atomic E-state index is 0.0252. The largest absolute Gasteiger partial charge is 0.345 e. The summed E-state index contributed by atoms with van der Waals surface area (Å²) in [6.45, 7) is 7.85. The van der Waals surface area contributed by atoms with Crippen molar-refractivity contribution in [2.45, 2.75) is 6.42 Å². The molecule has 1 aliphatic rings. The van der Waals surface area contributed by atoms with E-state index >= 15 is 0 Å². The zero-order valence-electron chi connectivity index (χ0n) is 13.7. The van der Waals surface area contributed by atoms with Crippen molar-refractivity contribution in [2.24, 2.45) is 5.73 Å². The van der Waals surface area contributed by atoms with Crippen LogP contribution in [0, 0.1) is 0 Å². The number of rotatable bonds is 2. The SMILES string of the molecule is C=C.CN.CN(C)C(=O)c1ccc(C2=CCNCC2)c(Cl)c1. The van der Waals surface area contributed by atoms with Gasteiger partial charge in [0.15, 0.2) is 0 Å². The molecule has 22 heavy (non-hydrogen) atoms. The Morgan fingerprint density at radius 2 is 1.95 bits per heavy atom. The Morgan fingerprint density at radius 1 is 1.32 bits per heavy atom. The predicted molar refractivity (Wildman–Crippen MR) is 96.3 cm³/mol. The van der Waals surface area contributed by atoms with Crippen LogP contribution < -0.4 is 11.1 Å². The summed E-state index contributed by atoms with van der Waals surface area (Å²) < 4.78 is 0. The molecule has 0 radical (unpaired) electrons. The number of nitrogens with two attached hydrogens (primary N) is 1. The Kier molecular flexibility index (Phi) is 10.2. The molecule has 1 aromatic carbocycles. The van der Waals surface area contributed by atoms with Crippen LogP contribution in [0.15, 0.2) is 37.4 Å². The summed E-state index contributed by atoms with van der Waals surface area (Å²) in [6, 6.07) is 5.53. The molecule has 0 fully saturated rings. The lowest BCUT2D eigenvalue weighted by molar-refractivity contribution is 0.0827. The first-order valence-electron chi connectivity index (χ1n) is 7.08. The van der Waals surface area contributed by atoms with Gasteiger partial charge in [-0.2, -0.15) is 0 Å². The molecule has 1 amide bonds. The molecule has 1 aromatic rings. The van der Waals surface area contributed by atoms with E-state index in [1.54, 1.807) is 25.1 Å². The van der Waals surface area contributed by atoms with E-state index in [1.807, 2.05) is 12.1 Å². The smallest absolute Gasteiger partial charge is 0.253 e. The van der Waals surface area contributed by atoms with E-state index in [2.05, 4.69) is 30.3 Å². The van der Waals surface area contributed by atoms with Gasteiger partial charge in [-0.15, -0.1) is 13.2 Å². The highest BCUT2D eigenvalue weighted by Gasteiger charge is 2.13. The van der Waals surface area contributed by atoms with Crippen LogP contribution in [0.2, 0.25) is 5.02 Å². The third-order valence-electron chi connectivity index (χ3n) is 3.03. The van der Waals surface area contributed by atoms with Crippen LogP contribution in [0.1, 0.15) is 22.3 Å². The minimum Gasteiger partial charge on any atom is -0.345 e. The van der Waals surface area contributed by atoms with Crippen LogP contribution in [0.4, 0.5) is 0 Å². The van der Waals surface area contributed by atoms with Gasteiger partial charge in [-0.1, -0.05) is 23.7 Å². The van der Waals surface area contributed by atoms with E-state index in [-0.39, 0.29) is 5.91 Å². The summed E-state index contributed by atoms with van der Waals surface area (Å²) in [5, 5.41) is 3.92. The zero-order chi connectivity index (χ0) is 17.1. The lowest BCUT2D eigenvalue weighted by Gasteiger charge is -2.16. The van der Waals surface area contributed by atoms with Gasteiger partial charge in [0.1, 0.15) is 0 Å². The van der Waals surface area contributed by atoms with E-state index < -0.39 is 0 Å². The van der Waals surface area contributed by atoms with Crippen molar-refractivity contribution in [3.63, 3.8) is 0 Å². The lowest BCUT2D eigenvalue weighted by atomic mass is 9.99. The summed E-state index contributed by atoms with van der Waals surface area (Å²) in [7, 11) is 4.97. The normalized spacial score (nSPS) is 12.9. The molecule has 0 saturated heterocycles. The molecular weight excluding hydrogens is 298 g/mol. The van der Waals surface area contributed by atoms with E-state index in [0.29, 0.717) is 10.6 Å². The van der Waals surface area contributed by atoms with Crippen molar-refractivity contribution in [1.29, 1.82) is 0 Å². The second-order valence-corrected chi connectivity index (χ2v) is 4.98. The summed E-state index contributed by atoms with van der Waals surface area (Å²) in [6.07, 6.45) is 3.12. The second-order valence-electron chi connectivity index (χ2n) is 4.58. The predicted octanol–water partition coefficient (Wildman–Crippen LogP) is 2.80. The van der Waals surface area contributed by atoms with Crippen LogP contribution >= 0.6 is 11.6 Å². The van der Waals surface area contributed by atoms with Gasteiger partial charge in [0, 0.05) is 31.2 Å². The van der Waals surface area contributed by atoms with E-state index in [9.17, 15) is 4.79 Å². The topological polar surface area (TPSA) is 58.4 Å². The Labute approximate surface area is 138 Å². The summed E-state index contributed by atoms with van der Waals surface area (Å²) in [4.78, 5) is 13.4. The van der Waals surface area contributed by atoms with Crippen molar-refractivity contribution in [3.05, 3.63) is 53.6 Å². The van der Waals surface area contributed by atoms with Crippen molar-refractivity contribution >= 4 is 23.1 Å². The van der Waals surface area contributed by atoms with Gasteiger partial charge >= 0.3 is 0 Å². The first kappa shape index (κ1) is 20.4. The number of halogens is 1. The summed E-state index contributed by atoms with van der Waals surface area (Å²) >= 11 is 6.28. The van der Waals surface area contributed by atoms with E-state index in [1.165, 1.54) is 12.6 Å². The second kappa shape index (κ2) is 11.0. The van der Waals surface area contributed by atoms with E-state index in [0.717, 1.165) is 25.1 Å². The average molecular weight is 324 g/mol. The van der Waals surface area contributed by atoms with E-state index in [4.69, 9.17) is 11.6 Å². The number of nitrogens with one attached hydrogen (secondary N) is 1. The number of carbonyl (C=O) groups excluding carboxylic acids is 1. The van der Waals surface area contributed by atoms with Gasteiger partial charge in [0.05, 0.1) is 0 Å². The average Bonchev–Trinajstić information content (AvgIpc) is 2.58. The molecule has 3 N–H and O–H groups in total. The fourth-order valence-electron chi connectivity index (χ4n) is 2.03. The molecular formula is C17H26ClN3O. The molecule has 0 aromatic heterocycles. The van der Waals surface area contributed by atoms with Crippen LogP contribution in [0.25, 0.3) is 5.57 Å². The molecule has 1 heterocycles. The number of amides is 1. The zero-order valence-corrected chi connectivity index (χ0v) is 14.4. The van der Waals surface area contributed by atoms with Gasteiger partial charge in [0.2, 0.25) is 0 Å². The van der Waals surface area contributed by atoms with Crippen LogP contribution in [0.5, 0.6) is 0 Å².